The molecule has 156 valence electrons. The van der Waals surface area contributed by atoms with Crippen LogP contribution in [0, 0.1) is 6.92 Å². The van der Waals surface area contributed by atoms with E-state index >= 15 is 0 Å². The van der Waals surface area contributed by atoms with Crippen molar-refractivity contribution in [3.05, 3.63) is 71.0 Å². The SMILES string of the molecule is Cc1cccc(-n2c(SCc3ccccc3C(=O)N3CCCC3)nnc2C(C)C)c1. The number of carbonyl (C=O) groups excluding carboxylic acids is 1. The summed E-state index contributed by atoms with van der Waals surface area (Å²) in [4.78, 5) is 14.9. The van der Waals surface area contributed by atoms with Gasteiger partial charge < -0.3 is 4.90 Å². The Morgan fingerprint density at radius 1 is 1.07 bits per heavy atom. The number of benzene rings is 2. The number of likely N-dealkylation sites (tertiary alicyclic amines) is 1. The number of thioether (sulfide) groups is 1. The Hall–Kier alpha value is -2.60. The number of rotatable bonds is 6. The molecular weight excluding hydrogens is 392 g/mol. The zero-order valence-corrected chi connectivity index (χ0v) is 18.7. The molecule has 2 aromatic carbocycles. The fourth-order valence-electron chi connectivity index (χ4n) is 3.85. The molecule has 6 heteroatoms. The number of amides is 1. The molecular formula is C24H28N4OS. The number of carbonyl (C=O) groups is 1. The van der Waals surface area contributed by atoms with E-state index in [0.717, 1.165) is 53.7 Å². The molecule has 0 spiro atoms. The highest BCUT2D eigenvalue weighted by molar-refractivity contribution is 7.98. The number of aromatic nitrogens is 3. The zero-order valence-electron chi connectivity index (χ0n) is 17.8. The molecule has 2 heterocycles. The number of hydrogen-bond acceptors (Lipinski definition) is 4. The van der Waals surface area contributed by atoms with E-state index < -0.39 is 0 Å². The van der Waals surface area contributed by atoms with Crippen LogP contribution in [0.3, 0.4) is 0 Å². The maximum absolute atomic E-state index is 13.0. The van der Waals surface area contributed by atoms with Crippen molar-refractivity contribution in [2.24, 2.45) is 0 Å². The molecule has 1 aliphatic rings. The molecule has 0 atom stereocenters. The highest BCUT2D eigenvalue weighted by Crippen LogP contribution is 2.29. The Bertz CT molecular complexity index is 1040. The molecule has 5 nitrogen and oxygen atoms in total. The van der Waals surface area contributed by atoms with Crippen molar-refractivity contribution in [3.8, 4) is 5.69 Å². The second kappa shape index (κ2) is 9.04. The van der Waals surface area contributed by atoms with Crippen LogP contribution >= 0.6 is 11.8 Å². The molecule has 1 fully saturated rings. The third kappa shape index (κ3) is 4.29. The molecule has 4 rings (SSSR count). The summed E-state index contributed by atoms with van der Waals surface area (Å²) in [5, 5.41) is 9.82. The average Bonchev–Trinajstić information content (AvgIpc) is 3.42. The van der Waals surface area contributed by atoms with Crippen molar-refractivity contribution in [2.45, 2.75) is 50.4 Å². The lowest BCUT2D eigenvalue weighted by molar-refractivity contribution is 0.0792. The minimum Gasteiger partial charge on any atom is -0.339 e. The number of nitrogens with zero attached hydrogens (tertiary/aromatic N) is 4. The van der Waals surface area contributed by atoms with Crippen molar-refractivity contribution in [1.82, 2.24) is 19.7 Å². The fourth-order valence-corrected chi connectivity index (χ4v) is 4.81. The Balaban J connectivity index is 1.62. The van der Waals surface area contributed by atoms with Crippen LogP contribution in [0.5, 0.6) is 0 Å². The summed E-state index contributed by atoms with van der Waals surface area (Å²) >= 11 is 1.63. The van der Waals surface area contributed by atoms with Gasteiger partial charge in [0.05, 0.1) is 0 Å². The molecule has 1 saturated heterocycles. The van der Waals surface area contributed by atoms with Gasteiger partial charge in [-0.15, -0.1) is 10.2 Å². The van der Waals surface area contributed by atoms with Gasteiger partial charge in [0.2, 0.25) is 0 Å². The first-order chi connectivity index (χ1) is 14.5. The molecule has 30 heavy (non-hydrogen) atoms. The van der Waals surface area contributed by atoms with Crippen LogP contribution in [0.1, 0.15) is 59.9 Å². The molecule has 1 aromatic heterocycles. The second-order valence-electron chi connectivity index (χ2n) is 8.12. The lowest BCUT2D eigenvalue weighted by Crippen LogP contribution is -2.28. The minimum absolute atomic E-state index is 0.145. The first kappa shape index (κ1) is 20.7. The summed E-state index contributed by atoms with van der Waals surface area (Å²) in [5.74, 6) is 2.03. The number of aryl methyl sites for hydroxylation is 1. The lowest BCUT2D eigenvalue weighted by atomic mass is 10.1. The van der Waals surface area contributed by atoms with E-state index in [9.17, 15) is 4.79 Å². The topological polar surface area (TPSA) is 51.0 Å². The van der Waals surface area contributed by atoms with Gasteiger partial charge in [-0.05, 0) is 49.1 Å². The molecule has 1 aliphatic heterocycles. The van der Waals surface area contributed by atoms with Gasteiger partial charge in [-0.1, -0.05) is 55.9 Å². The van der Waals surface area contributed by atoms with Gasteiger partial charge in [0.25, 0.3) is 5.91 Å². The van der Waals surface area contributed by atoms with Crippen LogP contribution in [0.4, 0.5) is 0 Å². The summed E-state index contributed by atoms with van der Waals surface area (Å²) < 4.78 is 2.15. The average molecular weight is 421 g/mol. The Morgan fingerprint density at radius 2 is 1.83 bits per heavy atom. The quantitative estimate of drug-likeness (QED) is 0.513. The Morgan fingerprint density at radius 3 is 2.57 bits per heavy atom. The smallest absolute Gasteiger partial charge is 0.254 e. The molecule has 0 radical (unpaired) electrons. The van der Waals surface area contributed by atoms with Gasteiger partial charge in [-0.3, -0.25) is 9.36 Å². The van der Waals surface area contributed by atoms with E-state index in [1.807, 2.05) is 29.2 Å². The maximum atomic E-state index is 13.0. The molecule has 0 unspecified atom stereocenters. The first-order valence-corrected chi connectivity index (χ1v) is 11.6. The van der Waals surface area contributed by atoms with Crippen molar-refractivity contribution in [1.29, 1.82) is 0 Å². The predicted molar refractivity (Wildman–Crippen MR) is 121 cm³/mol. The van der Waals surface area contributed by atoms with E-state index in [2.05, 4.69) is 59.8 Å². The minimum atomic E-state index is 0.145. The van der Waals surface area contributed by atoms with Gasteiger partial charge >= 0.3 is 0 Å². The summed E-state index contributed by atoms with van der Waals surface area (Å²) in [7, 11) is 0. The fraction of sp³-hybridized carbons (Fsp3) is 0.375. The van der Waals surface area contributed by atoms with Crippen LogP contribution in [-0.2, 0) is 5.75 Å². The normalized spacial score (nSPS) is 13.9. The van der Waals surface area contributed by atoms with Crippen LogP contribution in [0.25, 0.3) is 5.69 Å². The molecule has 1 amide bonds. The van der Waals surface area contributed by atoms with E-state index in [0.29, 0.717) is 5.75 Å². The molecule has 0 N–H and O–H groups in total. The summed E-state index contributed by atoms with van der Waals surface area (Å²) in [6, 6.07) is 16.4. The highest BCUT2D eigenvalue weighted by atomic mass is 32.2. The van der Waals surface area contributed by atoms with Crippen LogP contribution < -0.4 is 0 Å². The van der Waals surface area contributed by atoms with Crippen LogP contribution in [-0.4, -0.2) is 38.7 Å². The van der Waals surface area contributed by atoms with Gasteiger partial charge in [0.1, 0.15) is 5.82 Å². The van der Waals surface area contributed by atoms with Gasteiger partial charge in [0.15, 0.2) is 5.16 Å². The predicted octanol–water partition coefficient (Wildman–Crippen LogP) is 5.23. The van der Waals surface area contributed by atoms with Gasteiger partial charge in [0, 0.05) is 36.0 Å². The summed E-state index contributed by atoms with van der Waals surface area (Å²) in [6.45, 7) is 8.08. The van der Waals surface area contributed by atoms with Crippen molar-refractivity contribution < 1.29 is 4.79 Å². The summed E-state index contributed by atoms with van der Waals surface area (Å²) in [5.41, 5.74) is 4.13. The van der Waals surface area contributed by atoms with E-state index in [-0.39, 0.29) is 11.8 Å². The third-order valence-electron chi connectivity index (χ3n) is 5.43. The van der Waals surface area contributed by atoms with E-state index in [1.54, 1.807) is 11.8 Å². The zero-order chi connectivity index (χ0) is 21.1. The van der Waals surface area contributed by atoms with Crippen molar-refractivity contribution in [2.75, 3.05) is 13.1 Å². The van der Waals surface area contributed by atoms with E-state index in [1.165, 1.54) is 5.56 Å². The molecule has 0 saturated carbocycles. The molecule has 3 aromatic rings. The largest absolute Gasteiger partial charge is 0.339 e. The van der Waals surface area contributed by atoms with Crippen LogP contribution in [0.15, 0.2) is 53.7 Å². The first-order valence-electron chi connectivity index (χ1n) is 10.6. The third-order valence-corrected chi connectivity index (χ3v) is 6.41. The Kier molecular flexibility index (Phi) is 6.23. The van der Waals surface area contributed by atoms with Crippen molar-refractivity contribution >= 4 is 17.7 Å². The number of hydrogen-bond donors (Lipinski definition) is 0. The lowest BCUT2D eigenvalue weighted by Gasteiger charge is -2.17. The second-order valence-corrected chi connectivity index (χ2v) is 9.06. The summed E-state index contributed by atoms with van der Waals surface area (Å²) in [6.07, 6.45) is 2.19. The molecule has 0 bridgehead atoms. The highest BCUT2D eigenvalue weighted by Gasteiger charge is 2.22. The van der Waals surface area contributed by atoms with Gasteiger partial charge in [-0.25, -0.2) is 0 Å². The maximum Gasteiger partial charge on any atom is 0.254 e. The monoisotopic (exact) mass is 420 g/mol. The molecule has 0 aliphatic carbocycles. The Labute approximate surface area is 182 Å². The standard InChI is InChI=1S/C24H28N4OS/c1-17(2)22-25-26-24(28(22)20-11-8-9-18(3)15-20)30-16-19-10-4-5-12-21(19)23(29)27-13-6-7-14-27/h4-5,8-12,15,17H,6-7,13-14,16H2,1-3H3. The van der Waals surface area contributed by atoms with Gasteiger partial charge in [-0.2, -0.15) is 0 Å². The van der Waals surface area contributed by atoms with Crippen LogP contribution in [0.2, 0.25) is 0 Å². The van der Waals surface area contributed by atoms with E-state index in [4.69, 9.17) is 0 Å². The van der Waals surface area contributed by atoms with Crippen molar-refractivity contribution in [3.63, 3.8) is 0 Å².